The molecule has 1 fully saturated rings. The number of nitriles is 1. The highest BCUT2D eigenvalue weighted by atomic mass is 35.5. The molecule has 7 heteroatoms. The second-order valence-electron chi connectivity index (χ2n) is 4.90. The molecule has 1 aliphatic rings. The minimum absolute atomic E-state index is 0.108. The van der Waals surface area contributed by atoms with E-state index in [-0.39, 0.29) is 5.91 Å². The number of anilines is 1. The van der Waals surface area contributed by atoms with E-state index in [1.54, 1.807) is 23.1 Å². The lowest BCUT2D eigenvalue weighted by Gasteiger charge is -2.35. The van der Waals surface area contributed by atoms with Crippen LogP contribution in [0.25, 0.3) is 0 Å². The molecule has 0 atom stereocenters. The SMILES string of the molecule is N#Cc1cnc(N2CCN(C(=O)c3ccco3)CC2)c(Cl)c1. The van der Waals surface area contributed by atoms with Crippen LogP contribution in [-0.2, 0) is 0 Å². The summed E-state index contributed by atoms with van der Waals surface area (Å²) in [6.07, 6.45) is 2.99. The van der Waals surface area contributed by atoms with Gasteiger partial charge in [0, 0.05) is 32.4 Å². The molecule has 3 heterocycles. The maximum absolute atomic E-state index is 12.2. The monoisotopic (exact) mass is 316 g/mol. The number of hydrogen-bond donors (Lipinski definition) is 0. The normalized spacial score (nSPS) is 14.7. The van der Waals surface area contributed by atoms with Crippen LogP contribution in [0, 0.1) is 11.3 Å². The summed E-state index contributed by atoms with van der Waals surface area (Å²) >= 11 is 6.17. The van der Waals surface area contributed by atoms with Crippen LogP contribution < -0.4 is 4.90 Å². The van der Waals surface area contributed by atoms with E-state index in [1.165, 1.54) is 12.5 Å². The maximum atomic E-state index is 12.2. The first-order valence-corrected chi connectivity index (χ1v) is 7.20. The number of nitrogens with zero attached hydrogens (tertiary/aromatic N) is 4. The third-order valence-electron chi connectivity index (χ3n) is 3.55. The third kappa shape index (κ3) is 2.76. The van der Waals surface area contributed by atoms with Crippen molar-refractivity contribution in [3.05, 3.63) is 47.0 Å². The molecule has 0 radical (unpaired) electrons. The van der Waals surface area contributed by atoms with Crippen molar-refractivity contribution in [3.8, 4) is 6.07 Å². The first-order chi connectivity index (χ1) is 10.7. The molecule has 0 bridgehead atoms. The number of carbonyl (C=O) groups excluding carboxylic acids is 1. The van der Waals surface area contributed by atoms with Crippen LogP contribution in [0.15, 0.2) is 35.1 Å². The van der Waals surface area contributed by atoms with Crippen LogP contribution in [0.1, 0.15) is 16.1 Å². The van der Waals surface area contributed by atoms with E-state index in [1.807, 2.05) is 11.0 Å². The van der Waals surface area contributed by atoms with Crippen LogP contribution in [0.4, 0.5) is 5.82 Å². The van der Waals surface area contributed by atoms with Crippen LogP contribution in [-0.4, -0.2) is 42.0 Å². The van der Waals surface area contributed by atoms with E-state index in [9.17, 15) is 4.79 Å². The number of carbonyl (C=O) groups is 1. The predicted octanol–water partition coefficient (Wildman–Crippen LogP) is 2.16. The molecule has 3 rings (SSSR count). The van der Waals surface area contributed by atoms with Crippen molar-refractivity contribution in [1.82, 2.24) is 9.88 Å². The number of amides is 1. The van der Waals surface area contributed by atoms with E-state index in [2.05, 4.69) is 4.98 Å². The van der Waals surface area contributed by atoms with Crippen molar-refractivity contribution >= 4 is 23.3 Å². The molecule has 0 aromatic carbocycles. The minimum atomic E-state index is -0.108. The predicted molar refractivity (Wildman–Crippen MR) is 80.8 cm³/mol. The standard InChI is InChI=1S/C15H13ClN4O2/c16-12-8-11(9-17)10-18-14(12)19-3-5-20(6-4-19)15(21)13-2-1-7-22-13/h1-2,7-8,10H,3-6H2. The molecule has 6 nitrogen and oxygen atoms in total. The molecule has 2 aromatic rings. The summed E-state index contributed by atoms with van der Waals surface area (Å²) in [7, 11) is 0. The van der Waals surface area contributed by atoms with Crippen LogP contribution >= 0.6 is 11.6 Å². The molecule has 1 aliphatic heterocycles. The molecule has 1 saturated heterocycles. The molecule has 22 heavy (non-hydrogen) atoms. The Morgan fingerprint density at radius 3 is 2.73 bits per heavy atom. The van der Waals surface area contributed by atoms with E-state index in [0.717, 1.165) is 0 Å². The number of piperazine rings is 1. The fourth-order valence-electron chi connectivity index (χ4n) is 2.40. The van der Waals surface area contributed by atoms with Crippen molar-refractivity contribution in [2.75, 3.05) is 31.1 Å². The Labute approximate surface area is 132 Å². The van der Waals surface area contributed by atoms with Gasteiger partial charge < -0.3 is 14.2 Å². The zero-order valence-electron chi connectivity index (χ0n) is 11.7. The average molecular weight is 317 g/mol. The zero-order chi connectivity index (χ0) is 15.5. The highest BCUT2D eigenvalue weighted by molar-refractivity contribution is 6.33. The number of rotatable bonds is 2. The lowest BCUT2D eigenvalue weighted by molar-refractivity contribution is 0.0714. The third-order valence-corrected chi connectivity index (χ3v) is 3.83. The first-order valence-electron chi connectivity index (χ1n) is 6.82. The van der Waals surface area contributed by atoms with Gasteiger partial charge >= 0.3 is 0 Å². The molecular weight excluding hydrogens is 304 g/mol. The zero-order valence-corrected chi connectivity index (χ0v) is 12.5. The Balaban J connectivity index is 1.67. The second-order valence-corrected chi connectivity index (χ2v) is 5.30. The molecule has 0 saturated carbocycles. The maximum Gasteiger partial charge on any atom is 0.289 e. The van der Waals surface area contributed by atoms with Gasteiger partial charge in [-0.2, -0.15) is 5.26 Å². The van der Waals surface area contributed by atoms with E-state index in [4.69, 9.17) is 21.3 Å². The smallest absolute Gasteiger partial charge is 0.289 e. The van der Waals surface area contributed by atoms with Crippen molar-refractivity contribution < 1.29 is 9.21 Å². The molecule has 0 spiro atoms. The van der Waals surface area contributed by atoms with Gasteiger partial charge in [-0.1, -0.05) is 11.6 Å². The number of aromatic nitrogens is 1. The van der Waals surface area contributed by atoms with Gasteiger partial charge in [-0.05, 0) is 18.2 Å². The summed E-state index contributed by atoms with van der Waals surface area (Å²) < 4.78 is 5.14. The fraction of sp³-hybridized carbons (Fsp3) is 0.267. The summed E-state index contributed by atoms with van der Waals surface area (Å²) in [6, 6.07) is 6.97. The lowest BCUT2D eigenvalue weighted by atomic mass is 10.2. The van der Waals surface area contributed by atoms with Crippen molar-refractivity contribution in [3.63, 3.8) is 0 Å². The molecule has 112 valence electrons. The Bertz CT molecular complexity index is 716. The Kier molecular flexibility index (Phi) is 3.98. The Morgan fingerprint density at radius 1 is 1.36 bits per heavy atom. The number of hydrogen-bond acceptors (Lipinski definition) is 5. The summed E-state index contributed by atoms with van der Waals surface area (Å²) in [5.41, 5.74) is 0.431. The minimum Gasteiger partial charge on any atom is -0.459 e. The van der Waals surface area contributed by atoms with Gasteiger partial charge in [0.2, 0.25) is 0 Å². The number of pyridine rings is 1. The highest BCUT2D eigenvalue weighted by Gasteiger charge is 2.25. The van der Waals surface area contributed by atoms with Gasteiger partial charge in [0.05, 0.1) is 16.8 Å². The summed E-state index contributed by atoms with van der Waals surface area (Å²) in [6.45, 7) is 2.39. The molecule has 1 amide bonds. The summed E-state index contributed by atoms with van der Waals surface area (Å²) in [5, 5.41) is 9.28. The molecular formula is C15H13ClN4O2. The first kappa shape index (κ1) is 14.4. The van der Waals surface area contributed by atoms with Gasteiger partial charge in [-0.25, -0.2) is 4.98 Å². The van der Waals surface area contributed by atoms with Crippen molar-refractivity contribution in [1.29, 1.82) is 5.26 Å². The molecule has 0 aliphatic carbocycles. The van der Waals surface area contributed by atoms with Crippen LogP contribution in [0.2, 0.25) is 5.02 Å². The Hall–Kier alpha value is -2.52. The second kappa shape index (κ2) is 6.08. The van der Waals surface area contributed by atoms with E-state index >= 15 is 0 Å². The number of halogens is 1. The van der Waals surface area contributed by atoms with E-state index < -0.39 is 0 Å². The largest absolute Gasteiger partial charge is 0.459 e. The topological polar surface area (TPSA) is 73.4 Å². The quantitative estimate of drug-likeness (QED) is 0.849. The Morgan fingerprint density at radius 2 is 2.14 bits per heavy atom. The highest BCUT2D eigenvalue weighted by Crippen LogP contribution is 2.25. The molecule has 0 N–H and O–H groups in total. The fourth-order valence-corrected chi connectivity index (χ4v) is 2.69. The lowest BCUT2D eigenvalue weighted by Crippen LogP contribution is -2.49. The van der Waals surface area contributed by atoms with Crippen molar-refractivity contribution in [2.24, 2.45) is 0 Å². The molecule has 0 unspecified atom stereocenters. The number of furan rings is 1. The van der Waals surface area contributed by atoms with Gasteiger partial charge in [0.25, 0.3) is 5.91 Å². The van der Waals surface area contributed by atoms with Gasteiger partial charge in [-0.3, -0.25) is 4.79 Å². The van der Waals surface area contributed by atoms with Gasteiger partial charge in [-0.15, -0.1) is 0 Å². The van der Waals surface area contributed by atoms with E-state index in [0.29, 0.717) is 48.3 Å². The molecule has 2 aromatic heterocycles. The average Bonchev–Trinajstić information content (AvgIpc) is 3.08. The summed E-state index contributed by atoms with van der Waals surface area (Å²) in [5.74, 6) is 0.886. The summed E-state index contributed by atoms with van der Waals surface area (Å²) in [4.78, 5) is 20.2. The van der Waals surface area contributed by atoms with Crippen LogP contribution in [0.3, 0.4) is 0 Å². The van der Waals surface area contributed by atoms with Gasteiger partial charge in [0.15, 0.2) is 5.76 Å². The van der Waals surface area contributed by atoms with Crippen molar-refractivity contribution in [2.45, 2.75) is 0 Å². The van der Waals surface area contributed by atoms with Crippen LogP contribution in [0.5, 0.6) is 0 Å². The van der Waals surface area contributed by atoms with Gasteiger partial charge in [0.1, 0.15) is 11.9 Å².